The SMILES string of the molecule is OCc1ccccc1OCc1coc(-c2c(F)cccc2F)n1. The average Bonchev–Trinajstić information content (AvgIpc) is 3.01. The number of nitrogens with zero attached hydrogens (tertiary/aromatic N) is 1. The monoisotopic (exact) mass is 317 g/mol. The number of para-hydroxylation sites is 1. The quantitative estimate of drug-likeness (QED) is 0.780. The van der Waals surface area contributed by atoms with Crippen molar-refractivity contribution in [2.24, 2.45) is 0 Å². The van der Waals surface area contributed by atoms with Gasteiger partial charge in [-0.15, -0.1) is 0 Å². The third-order valence-electron chi connectivity index (χ3n) is 3.25. The largest absolute Gasteiger partial charge is 0.487 e. The number of benzene rings is 2. The molecule has 1 N–H and O–H groups in total. The van der Waals surface area contributed by atoms with Crippen molar-refractivity contribution in [2.45, 2.75) is 13.2 Å². The summed E-state index contributed by atoms with van der Waals surface area (Å²) in [5.74, 6) is -1.12. The first-order valence-corrected chi connectivity index (χ1v) is 6.89. The van der Waals surface area contributed by atoms with Gasteiger partial charge < -0.3 is 14.3 Å². The lowest BCUT2D eigenvalue weighted by molar-refractivity contribution is 0.257. The van der Waals surface area contributed by atoms with E-state index in [9.17, 15) is 13.9 Å². The molecule has 0 atom stereocenters. The van der Waals surface area contributed by atoms with E-state index in [1.54, 1.807) is 24.3 Å². The van der Waals surface area contributed by atoms with E-state index >= 15 is 0 Å². The van der Waals surface area contributed by atoms with Crippen LogP contribution in [0.15, 0.2) is 53.1 Å². The smallest absolute Gasteiger partial charge is 0.232 e. The molecule has 23 heavy (non-hydrogen) atoms. The molecule has 0 aliphatic rings. The van der Waals surface area contributed by atoms with E-state index in [2.05, 4.69) is 4.98 Å². The molecule has 1 heterocycles. The molecule has 0 bridgehead atoms. The average molecular weight is 317 g/mol. The van der Waals surface area contributed by atoms with Crippen molar-refractivity contribution in [3.8, 4) is 17.2 Å². The standard InChI is InChI=1S/C17H13F2NO3/c18-13-5-3-6-14(19)16(13)17-20-12(10-23-17)9-22-15-7-2-1-4-11(15)8-21/h1-7,10,21H,8-9H2. The molecule has 118 valence electrons. The molecule has 0 amide bonds. The van der Waals surface area contributed by atoms with Gasteiger partial charge in [-0.05, 0) is 18.2 Å². The Balaban J connectivity index is 1.78. The second kappa shape index (κ2) is 6.58. The lowest BCUT2D eigenvalue weighted by Gasteiger charge is -2.07. The number of oxazole rings is 1. The van der Waals surface area contributed by atoms with Gasteiger partial charge in [-0.25, -0.2) is 13.8 Å². The van der Waals surface area contributed by atoms with Gasteiger partial charge in [0.05, 0.1) is 6.61 Å². The summed E-state index contributed by atoms with van der Waals surface area (Å²) in [4.78, 5) is 4.04. The Morgan fingerprint density at radius 1 is 1.04 bits per heavy atom. The number of hydrogen-bond acceptors (Lipinski definition) is 4. The summed E-state index contributed by atoms with van der Waals surface area (Å²) in [7, 11) is 0. The minimum Gasteiger partial charge on any atom is -0.487 e. The Morgan fingerprint density at radius 3 is 2.52 bits per heavy atom. The molecule has 3 rings (SSSR count). The maximum atomic E-state index is 13.7. The molecule has 0 unspecified atom stereocenters. The van der Waals surface area contributed by atoms with Gasteiger partial charge in [0, 0.05) is 5.56 Å². The lowest BCUT2D eigenvalue weighted by atomic mass is 10.2. The maximum Gasteiger partial charge on any atom is 0.232 e. The van der Waals surface area contributed by atoms with Crippen LogP contribution >= 0.6 is 0 Å². The molecule has 0 saturated heterocycles. The number of aliphatic hydroxyl groups excluding tert-OH is 1. The number of ether oxygens (including phenoxy) is 1. The highest BCUT2D eigenvalue weighted by Crippen LogP contribution is 2.26. The van der Waals surface area contributed by atoms with Crippen molar-refractivity contribution in [2.75, 3.05) is 0 Å². The zero-order chi connectivity index (χ0) is 16.2. The third kappa shape index (κ3) is 3.22. The van der Waals surface area contributed by atoms with Crippen molar-refractivity contribution < 1.29 is 23.0 Å². The van der Waals surface area contributed by atoms with Gasteiger partial charge >= 0.3 is 0 Å². The predicted octanol–water partition coefficient (Wildman–Crippen LogP) is 3.69. The number of hydrogen-bond donors (Lipinski definition) is 1. The topological polar surface area (TPSA) is 55.5 Å². The molecule has 6 heteroatoms. The molecule has 0 radical (unpaired) electrons. The first kappa shape index (κ1) is 15.2. The number of aliphatic hydroxyl groups is 1. The summed E-state index contributed by atoms with van der Waals surface area (Å²) >= 11 is 0. The highest BCUT2D eigenvalue weighted by Gasteiger charge is 2.16. The highest BCUT2D eigenvalue weighted by atomic mass is 19.1. The molecular weight excluding hydrogens is 304 g/mol. The fraction of sp³-hybridized carbons (Fsp3) is 0.118. The van der Waals surface area contributed by atoms with Gasteiger partial charge in [-0.2, -0.15) is 0 Å². The third-order valence-corrected chi connectivity index (χ3v) is 3.25. The molecule has 0 spiro atoms. The summed E-state index contributed by atoms with van der Waals surface area (Å²) in [6, 6.07) is 10.5. The summed E-state index contributed by atoms with van der Waals surface area (Å²) in [6.07, 6.45) is 1.28. The van der Waals surface area contributed by atoms with Crippen molar-refractivity contribution in [3.63, 3.8) is 0 Å². The summed E-state index contributed by atoms with van der Waals surface area (Å²) in [6.45, 7) is -0.0999. The molecular formula is C17H13F2NO3. The zero-order valence-corrected chi connectivity index (χ0v) is 12.0. The second-order valence-corrected chi connectivity index (χ2v) is 4.80. The fourth-order valence-corrected chi connectivity index (χ4v) is 2.12. The predicted molar refractivity (Wildman–Crippen MR) is 78.6 cm³/mol. The van der Waals surface area contributed by atoms with Crippen LogP contribution < -0.4 is 4.74 Å². The maximum absolute atomic E-state index is 13.7. The van der Waals surface area contributed by atoms with Crippen LogP contribution in [0.3, 0.4) is 0 Å². The molecule has 3 aromatic rings. The minimum atomic E-state index is -0.745. The first-order chi connectivity index (χ1) is 11.2. The molecule has 4 nitrogen and oxygen atoms in total. The van der Waals surface area contributed by atoms with E-state index in [4.69, 9.17) is 9.15 Å². The van der Waals surface area contributed by atoms with Gasteiger partial charge in [0.1, 0.15) is 41.5 Å². The van der Waals surface area contributed by atoms with Crippen molar-refractivity contribution in [1.29, 1.82) is 0 Å². The zero-order valence-electron chi connectivity index (χ0n) is 12.0. The van der Waals surface area contributed by atoms with E-state index in [1.807, 2.05) is 0 Å². The van der Waals surface area contributed by atoms with Crippen LogP contribution in [0.5, 0.6) is 5.75 Å². The van der Waals surface area contributed by atoms with Crippen molar-refractivity contribution >= 4 is 0 Å². The highest BCUT2D eigenvalue weighted by molar-refractivity contribution is 5.55. The fourth-order valence-electron chi connectivity index (χ4n) is 2.12. The van der Waals surface area contributed by atoms with Gasteiger partial charge in [0.25, 0.3) is 0 Å². The van der Waals surface area contributed by atoms with Crippen LogP contribution in [-0.2, 0) is 13.2 Å². The van der Waals surface area contributed by atoms with Gasteiger partial charge in [-0.1, -0.05) is 24.3 Å². The second-order valence-electron chi connectivity index (χ2n) is 4.80. The summed E-state index contributed by atoms with van der Waals surface area (Å²) in [5, 5.41) is 9.23. The molecule has 0 saturated carbocycles. The molecule has 0 aliphatic heterocycles. The van der Waals surface area contributed by atoms with E-state index in [-0.39, 0.29) is 24.7 Å². The minimum absolute atomic E-state index is 0.0522. The van der Waals surface area contributed by atoms with Crippen LogP contribution in [0, 0.1) is 11.6 Å². The van der Waals surface area contributed by atoms with Crippen LogP contribution in [0.1, 0.15) is 11.3 Å². The normalized spacial score (nSPS) is 10.7. The Morgan fingerprint density at radius 2 is 1.78 bits per heavy atom. The van der Waals surface area contributed by atoms with E-state index < -0.39 is 11.6 Å². The Bertz CT molecular complexity index is 797. The molecule has 2 aromatic carbocycles. The van der Waals surface area contributed by atoms with Gasteiger partial charge in [0.2, 0.25) is 5.89 Å². The van der Waals surface area contributed by atoms with Crippen LogP contribution in [0.4, 0.5) is 8.78 Å². The van der Waals surface area contributed by atoms with E-state index in [1.165, 1.54) is 12.3 Å². The lowest BCUT2D eigenvalue weighted by Crippen LogP contribution is -1.99. The number of aromatic nitrogens is 1. The molecule has 1 aromatic heterocycles. The Kier molecular flexibility index (Phi) is 4.34. The Labute approximate surface area is 131 Å². The van der Waals surface area contributed by atoms with Crippen molar-refractivity contribution in [1.82, 2.24) is 4.98 Å². The summed E-state index contributed by atoms with van der Waals surface area (Å²) in [5.41, 5.74) is 0.710. The number of rotatable bonds is 5. The van der Waals surface area contributed by atoms with Crippen molar-refractivity contribution in [3.05, 3.63) is 71.6 Å². The van der Waals surface area contributed by atoms with Gasteiger partial charge in [0.15, 0.2) is 0 Å². The van der Waals surface area contributed by atoms with E-state index in [0.717, 1.165) is 12.1 Å². The van der Waals surface area contributed by atoms with Gasteiger partial charge in [-0.3, -0.25) is 0 Å². The summed E-state index contributed by atoms with van der Waals surface area (Å²) < 4.78 is 38.1. The molecule has 0 aliphatic carbocycles. The number of halogens is 2. The first-order valence-electron chi connectivity index (χ1n) is 6.89. The van der Waals surface area contributed by atoms with Crippen LogP contribution in [-0.4, -0.2) is 10.1 Å². The van der Waals surface area contributed by atoms with E-state index in [0.29, 0.717) is 17.0 Å². The Hall–Kier alpha value is -2.73. The van der Waals surface area contributed by atoms with Crippen LogP contribution in [0.2, 0.25) is 0 Å². The van der Waals surface area contributed by atoms with Crippen LogP contribution in [0.25, 0.3) is 11.5 Å². The molecule has 0 fully saturated rings.